The Morgan fingerprint density at radius 3 is 2.33 bits per heavy atom. The summed E-state index contributed by atoms with van der Waals surface area (Å²) in [7, 11) is 0. The Kier molecular flexibility index (Phi) is 5.75. The molecule has 7 nitrogen and oxygen atoms in total. The second kappa shape index (κ2) is 8.17. The third kappa shape index (κ3) is 4.17. The van der Waals surface area contributed by atoms with E-state index >= 15 is 0 Å². The number of fused-ring (bicyclic) bond motifs is 1. The van der Waals surface area contributed by atoms with E-state index in [9.17, 15) is 14.4 Å². The predicted octanol–water partition coefficient (Wildman–Crippen LogP) is 2.62. The van der Waals surface area contributed by atoms with Gasteiger partial charge in [0.1, 0.15) is 0 Å². The summed E-state index contributed by atoms with van der Waals surface area (Å²) >= 11 is 0. The maximum absolute atomic E-state index is 13.3. The SMILES string of the molecule is CC(=O)N[C@@H]1C[C@@H]2CN(C(=O)c3c(C)[nH]c(C(C)=O)c3C)C[C@@H]2C[C@H]1OCC1CC1. The number of H-pyrrole nitrogens is 1. The first kappa shape index (κ1) is 21.1. The van der Waals surface area contributed by atoms with Crippen molar-refractivity contribution in [3.05, 3.63) is 22.5 Å². The van der Waals surface area contributed by atoms with Crippen LogP contribution in [0.25, 0.3) is 0 Å². The van der Waals surface area contributed by atoms with Crippen LogP contribution in [0.1, 0.15) is 71.6 Å². The number of hydrogen-bond donors (Lipinski definition) is 2. The Morgan fingerprint density at radius 2 is 1.77 bits per heavy atom. The summed E-state index contributed by atoms with van der Waals surface area (Å²) in [6, 6.07) is 0.0117. The fraction of sp³-hybridized carbons (Fsp3) is 0.696. The molecule has 0 aromatic carbocycles. The lowest BCUT2D eigenvalue weighted by atomic mass is 9.77. The van der Waals surface area contributed by atoms with Gasteiger partial charge in [-0.1, -0.05) is 0 Å². The average Bonchev–Trinajstić information content (AvgIpc) is 3.33. The number of aryl methyl sites for hydroxylation is 1. The summed E-state index contributed by atoms with van der Waals surface area (Å²) in [6.45, 7) is 8.93. The van der Waals surface area contributed by atoms with E-state index in [0.29, 0.717) is 42.1 Å². The zero-order valence-electron chi connectivity index (χ0n) is 18.4. The number of aromatic nitrogens is 1. The number of hydrogen-bond acceptors (Lipinski definition) is 4. The van der Waals surface area contributed by atoms with Crippen LogP contribution in [0.15, 0.2) is 0 Å². The number of nitrogens with zero attached hydrogens (tertiary/aromatic N) is 1. The monoisotopic (exact) mass is 415 g/mol. The van der Waals surface area contributed by atoms with E-state index in [2.05, 4.69) is 10.3 Å². The molecule has 2 aliphatic carbocycles. The molecule has 0 bridgehead atoms. The molecule has 4 atom stereocenters. The minimum absolute atomic E-state index is 0.00493. The molecule has 1 aromatic heterocycles. The minimum atomic E-state index is -0.0569. The number of nitrogens with one attached hydrogen (secondary N) is 2. The summed E-state index contributed by atoms with van der Waals surface area (Å²) in [5.41, 5.74) is 2.63. The van der Waals surface area contributed by atoms with Crippen molar-refractivity contribution < 1.29 is 19.1 Å². The Labute approximate surface area is 177 Å². The van der Waals surface area contributed by atoms with Crippen LogP contribution in [-0.2, 0) is 9.53 Å². The molecule has 7 heteroatoms. The van der Waals surface area contributed by atoms with Gasteiger partial charge in [-0.05, 0) is 62.8 Å². The number of rotatable bonds is 6. The van der Waals surface area contributed by atoms with Gasteiger partial charge in [-0.2, -0.15) is 0 Å². The topological polar surface area (TPSA) is 91.5 Å². The molecular weight excluding hydrogens is 382 g/mol. The zero-order chi connectivity index (χ0) is 21.6. The molecule has 1 aliphatic heterocycles. The van der Waals surface area contributed by atoms with Gasteiger partial charge < -0.3 is 19.9 Å². The third-order valence-electron chi connectivity index (χ3n) is 7.04. The van der Waals surface area contributed by atoms with Crippen LogP contribution in [0.3, 0.4) is 0 Å². The molecule has 2 heterocycles. The van der Waals surface area contributed by atoms with Crippen molar-refractivity contribution in [2.24, 2.45) is 17.8 Å². The van der Waals surface area contributed by atoms with Crippen molar-refractivity contribution in [3.8, 4) is 0 Å². The molecule has 3 fully saturated rings. The summed E-state index contributed by atoms with van der Waals surface area (Å²) in [4.78, 5) is 41.9. The van der Waals surface area contributed by atoms with Gasteiger partial charge in [0.05, 0.1) is 23.4 Å². The number of likely N-dealkylation sites (tertiary alicyclic amines) is 1. The Hall–Kier alpha value is -2.15. The van der Waals surface area contributed by atoms with E-state index in [1.54, 1.807) is 6.92 Å². The van der Waals surface area contributed by atoms with Gasteiger partial charge in [0.2, 0.25) is 5.91 Å². The van der Waals surface area contributed by atoms with Crippen LogP contribution in [0.2, 0.25) is 0 Å². The van der Waals surface area contributed by atoms with Crippen molar-refractivity contribution in [1.29, 1.82) is 0 Å². The lowest BCUT2D eigenvalue weighted by molar-refractivity contribution is -0.122. The van der Waals surface area contributed by atoms with Crippen molar-refractivity contribution in [2.45, 2.75) is 65.5 Å². The molecule has 1 aromatic rings. The van der Waals surface area contributed by atoms with Crippen LogP contribution < -0.4 is 5.32 Å². The van der Waals surface area contributed by atoms with Crippen molar-refractivity contribution in [2.75, 3.05) is 19.7 Å². The van der Waals surface area contributed by atoms with Crippen molar-refractivity contribution in [3.63, 3.8) is 0 Å². The van der Waals surface area contributed by atoms with E-state index < -0.39 is 0 Å². The van der Waals surface area contributed by atoms with Gasteiger partial charge in [0.25, 0.3) is 5.91 Å². The largest absolute Gasteiger partial charge is 0.376 e. The maximum atomic E-state index is 13.3. The summed E-state index contributed by atoms with van der Waals surface area (Å²) < 4.78 is 6.22. The fourth-order valence-corrected chi connectivity index (χ4v) is 5.30. The number of aromatic amines is 1. The zero-order valence-corrected chi connectivity index (χ0v) is 18.4. The van der Waals surface area contributed by atoms with Gasteiger partial charge in [0.15, 0.2) is 5.78 Å². The van der Waals surface area contributed by atoms with E-state index in [1.807, 2.05) is 18.7 Å². The summed E-state index contributed by atoms with van der Waals surface area (Å²) in [5.74, 6) is 1.33. The first-order valence-corrected chi connectivity index (χ1v) is 11.1. The molecule has 0 radical (unpaired) electrons. The highest BCUT2D eigenvalue weighted by Gasteiger charge is 2.45. The highest BCUT2D eigenvalue weighted by atomic mass is 16.5. The first-order chi connectivity index (χ1) is 14.2. The van der Waals surface area contributed by atoms with Gasteiger partial charge in [-0.25, -0.2) is 0 Å². The first-order valence-electron chi connectivity index (χ1n) is 11.1. The predicted molar refractivity (Wildman–Crippen MR) is 112 cm³/mol. The third-order valence-corrected chi connectivity index (χ3v) is 7.04. The normalized spacial score (nSPS) is 28.3. The highest BCUT2D eigenvalue weighted by molar-refractivity contribution is 6.02. The van der Waals surface area contributed by atoms with E-state index in [4.69, 9.17) is 4.74 Å². The number of ether oxygens (including phenoxy) is 1. The van der Waals surface area contributed by atoms with Gasteiger partial charge >= 0.3 is 0 Å². The van der Waals surface area contributed by atoms with Gasteiger partial charge in [-0.15, -0.1) is 0 Å². The number of amides is 2. The van der Waals surface area contributed by atoms with Gasteiger partial charge in [0, 0.05) is 39.2 Å². The Morgan fingerprint density at radius 1 is 1.10 bits per heavy atom. The number of ketones is 1. The van der Waals surface area contributed by atoms with Crippen molar-refractivity contribution >= 4 is 17.6 Å². The van der Waals surface area contributed by atoms with Crippen LogP contribution in [0.4, 0.5) is 0 Å². The highest BCUT2D eigenvalue weighted by Crippen LogP contribution is 2.39. The molecule has 4 rings (SSSR count). The minimum Gasteiger partial charge on any atom is -0.376 e. The lowest BCUT2D eigenvalue weighted by Gasteiger charge is -2.38. The standard InChI is InChI=1S/C23H33N3O4/c1-12-21(13(2)24-22(12)14(3)27)23(29)26-9-17-7-19(25-15(4)28)20(8-18(17)10-26)30-11-16-5-6-16/h16-20,24H,5-11H2,1-4H3,(H,25,28)/t17-,18+,19-,20-/m1/s1. The van der Waals surface area contributed by atoms with E-state index in [-0.39, 0.29) is 29.7 Å². The average molecular weight is 416 g/mol. The molecule has 0 unspecified atom stereocenters. The van der Waals surface area contributed by atoms with E-state index in [1.165, 1.54) is 19.8 Å². The Balaban J connectivity index is 1.47. The molecule has 3 aliphatic rings. The smallest absolute Gasteiger partial charge is 0.255 e. The van der Waals surface area contributed by atoms with Crippen LogP contribution in [-0.4, -0.2) is 59.3 Å². The number of Topliss-reactive ketones (excluding diaryl/α,β-unsaturated/α-hetero) is 1. The summed E-state index contributed by atoms with van der Waals surface area (Å²) in [6.07, 6.45) is 4.21. The van der Waals surface area contributed by atoms with Crippen molar-refractivity contribution in [1.82, 2.24) is 15.2 Å². The van der Waals surface area contributed by atoms with Crippen LogP contribution >= 0.6 is 0 Å². The van der Waals surface area contributed by atoms with Crippen LogP contribution in [0.5, 0.6) is 0 Å². The molecule has 2 N–H and O–H groups in total. The quantitative estimate of drug-likeness (QED) is 0.699. The maximum Gasteiger partial charge on any atom is 0.255 e. The van der Waals surface area contributed by atoms with Crippen LogP contribution in [0, 0.1) is 31.6 Å². The molecular formula is C23H33N3O4. The van der Waals surface area contributed by atoms with E-state index in [0.717, 1.165) is 30.7 Å². The number of carbonyl (C=O) groups is 3. The molecule has 0 spiro atoms. The summed E-state index contributed by atoms with van der Waals surface area (Å²) in [5, 5.41) is 3.09. The van der Waals surface area contributed by atoms with Gasteiger partial charge in [-0.3, -0.25) is 14.4 Å². The molecule has 2 saturated carbocycles. The molecule has 30 heavy (non-hydrogen) atoms. The second-order valence-corrected chi connectivity index (χ2v) is 9.51. The number of carbonyl (C=O) groups excluding carboxylic acids is 3. The lowest BCUT2D eigenvalue weighted by Crippen LogP contribution is -2.50. The molecule has 2 amide bonds. The molecule has 1 saturated heterocycles. The molecule has 164 valence electrons. The Bertz CT molecular complexity index is 857. The second-order valence-electron chi connectivity index (χ2n) is 9.51. The fourth-order valence-electron chi connectivity index (χ4n) is 5.30.